The first-order valence-corrected chi connectivity index (χ1v) is 16.4. The second-order valence-electron chi connectivity index (χ2n) is 11.3. The number of nitrogens with two attached hydrogens (primary N) is 1. The van der Waals surface area contributed by atoms with E-state index in [9.17, 15) is 14.7 Å². The van der Waals surface area contributed by atoms with Crippen molar-refractivity contribution < 1.29 is 24.2 Å². The molecule has 0 aromatic rings. The Kier molecular flexibility index (Phi) is 28.9. The number of ether oxygens (including phenoxy) is 2. The summed E-state index contributed by atoms with van der Waals surface area (Å²) in [6, 6.07) is -0.575. The summed E-state index contributed by atoms with van der Waals surface area (Å²) in [5, 5.41) is 13.1. The van der Waals surface area contributed by atoms with E-state index in [1.165, 1.54) is 116 Å². The summed E-state index contributed by atoms with van der Waals surface area (Å²) in [5.41, 5.74) is 5.69. The van der Waals surface area contributed by atoms with Crippen molar-refractivity contribution >= 4 is 11.9 Å². The van der Waals surface area contributed by atoms with Crippen LogP contribution in [0.2, 0.25) is 0 Å². The number of hydrogen-bond acceptors (Lipinski definition) is 7. The summed E-state index contributed by atoms with van der Waals surface area (Å²) in [6.45, 7) is 3.38. The van der Waals surface area contributed by atoms with Gasteiger partial charge in [-0.25, -0.2) is 0 Å². The third kappa shape index (κ3) is 28.2. The van der Waals surface area contributed by atoms with Crippen LogP contribution in [0, 0.1) is 0 Å². The highest BCUT2D eigenvalue weighted by atomic mass is 16.5. The topological polar surface area (TPSA) is 111 Å². The van der Waals surface area contributed by atoms with Crippen LogP contribution in [-0.4, -0.2) is 56.0 Å². The Morgan fingerprint density at radius 1 is 0.718 bits per heavy atom. The summed E-state index contributed by atoms with van der Waals surface area (Å²) in [4.78, 5) is 23.1. The Hall–Kier alpha value is -1.18. The molecule has 0 aliphatic carbocycles. The lowest BCUT2D eigenvalue weighted by molar-refractivity contribution is -0.146. The van der Waals surface area contributed by atoms with Crippen molar-refractivity contribution in [3.05, 3.63) is 0 Å². The number of carbonyl (C=O) groups is 2. The summed E-state index contributed by atoms with van der Waals surface area (Å²) < 4.78 is 9.79. The Bertz CT molecular complexity index is 547. The first-order valence-electron chi connectivity index (χ1n) is 16.4. The molecule has 7 heteroatoms. The molecule has 0 aliphatic rings. The van der Waals surface area contributed by atoms with Crippen LogP contribution in [0.3, 0.4) is 0 Å². The number of aliphatic hydroxyl groups excluding tert-OH is 1. The molecule has 4 N–H and O–H groups in total. The summed E-state index contributed by atoms with van der Waals surface area (Å²) >= 11 is 0. The van der Waals surface area contributed by atoms with Gasteiger partial charge < -0.3 is 25.6 Å². The molecule has 2 unspecified atom stereocenters. The van der Waals surface area contributed by atoms with Crippen LogP contribution in [0.1, 0.15) is 155 Å². The number of methoxy groups -OCH3 is 1. The van der Waals surface area contributed by atoms with E-state index in [1.807, 2.05) is 0 Å². The Labute approximate surface area is 240 Å². The Balaban J connectivity index is 3.31. The normalized spacial score (nSPS) is 12.8. The molecule has 232 valence electrons. The van der Waals surface area contributed by atoms with E-state index in [2.05, 4.69) is 17.0 Å². The first kappa shape index (κ1) is 37.8. The van der Waals surface area contributed by atoms with Gasteiger partial charge in [0.2, 0.25) is 0 Å². The van der Waals surface area contributed by atoms with Crippen LogP contribution in [0.4, 0.5) is 0 Å². The SMILES string of the molecule is CCCCCCCCCCCCCCCCCCCCCC(=O)OCC(O)CNCCCCC(N)C(=O)OC. The second-order valence-corrected chi connectivity index (χ2v) is 11.3. The van der Waals surface area contributed by atoms with Crippen LogP contribution < -0.4 is 11.1 Å². The molecule has 7 nitrogen and oxygen atoms in total. The van der Waals surface area contributed by atoms with Crippen molar-refractivity contribution in [2.45, 2.75) is 167 Å². The van der Waals surface area contributed by atoms with Gasteiger partial charge in [0, 0.05) is 13.0 Å². The standard InChI is InChI=1S/C32H64N2O5/c1-3-4-5-6-7-8-9-10-11-12-13-14-15-16-17-18-19-20-21-25-31(36)39-28-29(35)27-34-26-23-22-24-30(33)32(37)38-2/h29-30,34-35H,3-28,33H2,1-2H3. The number of unbranched alkanes of at least 4 members (excludes halogenated alkanes) is 19. The minimum atomic E-state index is -0.712. The molecule has 0 aromatic carbocycles. The van der Waals surface area contributed by atoms with Crippen LogP contribution in [0.5, 0.6) is 0 Å². The molecular formula is C32H64N2O5. The number of rotatable bonds is 30. The van der Waals surface area contributed by atoms with Crippen molar-refractivity contribution in [2.24, 2.45) is 5.73 Å². The monoisotopic (exact) mass is 556 g/mol. The maximum atomic E-state index is 11.9. The maximum Gasteiger partial charge on any atom is 0.322 e. The second kappa shape index (κ2) is 29.8. The predicted molar refractivity (Wildman–Crippen MR) is 162 cm³/mol. The molecule has 0 amide bonds. The smallest absolute Gasteiger partial charge is 0.322 e. The Morgan fingerprint density at radius 3 is 1.64 bits per heavy atom. The average molecular weight is 557 g/mol. The third-order valence-corrected chi connectivity index (χ3v) is 7.42. The highest BCUT2D eigenvalue weighted by Crippen LogP contribution is 2.15. The lowest BCUT2D eigenvalue weighted by Gasteiger charge is -2.13. The predicted octanol–water partition coefficient (Wildman–Crippen LogP) is 6.97. The number of hydrogen-bond donors (Lipinski definition) is 3. The van der Waals surface area contributed by atoms with Gasteiger partial charge in [-0.15, -0.1) is 0 Å². The molecule has 0 fully saturated rings. The van der Waals surface area contributed by atoms with Gasteiger partial charge in [-0.05, 0) is 25.8 Å². The maximum absolute atomic E-state index is 11.9. The molecular weight excluding hydrogens is 492 g/mol. The molecule has 0 saturated heterocycles. The van der Waals surface area contributed by atoms with Crippen LogP contribution >= 0.6 is 0 Å². The fourth-order valence-electron chi connectivity index (χ4n) is 4.82. The minimum Gasteiger partial charge on any atom is -0.468 e. The van der Waals surface area contributed by atoms with Gasteiger partial charge in [-0.2, -0.15) is 0 Å². The van der Waals surface area contributed by atoms with Gasteiger partial charge in [0.05, 0.1) is 7.11 Å². The molecule has 2 atom stereocenters. The van der Waals surface area contributed by atoms with Crippen LogP contribution in [0.25, 0.3) is 0 Å². The fourth-order valence-corrected chi connectivity index (χ4v) is 4.82. The minimum absolute atomic E-state index is 0.0260. The van der Waals surface area contributed by atoms with Crippen molar-refractivity contribution in [3.8, 4) is 0 Å². The zero-order chi connectivity index (χ0) is 28.8. The highest BCUT2D eigenvalue weighted by molar-refractivity contribution is 5.75. The quantitative estimate of drug-likeness (QED) is 0.0647. The highest BCUT2D eigenvalue weighted by Gasteiger charge is 2.12. The van der Waals surface area contributed by atoms with Crippen molar-refractivity contribution in [1.29, 1.82) is 0 Å². The molecule has 39 heavy (non-hydrogen) atoms. The summed E-state index contributed by atoms with van der Waals surface area (Å²) in [5.74, 6) is -0.613. The zero-order valence-electron chi connectivity index (χ0n) is 25.7. The van der Waals surface area contributed by atoms with Crippen LogP contribution in [0.15, 0.2) is 0 Å². The van der Waals surface area contributed by atoms with E-state index in [0.29, 0.717) is 25.9 Å². The summed E-state index contributed by atoms with van der Waals surface area (Å²) in [7, 11) is 1.33. The van der Waals surface area contributed by atoms with Gasteiger partial charge >= 0.3 is 11.9 Å². The Morgan fingerprint density at radius 2 is 1.18 bits per heavy atom. The van der Waals surface area contributed by atoms with Gasteiger partial charge in [-0.3, -0.25) is 9.59 Å². The van der Waals surface area contributed by atoms with E-state index < -0.39 is 12.1 Å². The number of esters is 2. The molecule has 0 aromatic heterocycles. The zero-order valence-corrected chi connectivity index (χ0v) is 25.7. The molecule has 0 heterocycles. The first-order chi connectivity index (χ1) is 19.0. The largest absolute Gasteiger partial charge is 0.468 e. The van der Waals surface area contributed by atoms with Crippen LogP contribution in [-0.2, 0) is 19.1 Å². The number of nitrogens with one attached hydrogen (secondary N) is 1. The summed E-state index contributed by atoms with van der Waals surface area (Å²) in [6.07, 6.45) is 27.3. The number of aliphatic hydroxyl groups is 1. The molecule has 0 bridgehead atoms. The van der Waals surface area contributed by atoms with Gasteiger partial charge in [-0.1, -0.05) is 129 Å². The fraction of sp³-hybridized carbons (Fsp3) is 0.938. The molecule has 0 rings (SSSR count). The molecule has 0 radical (unpaired) electrons. The van der Waals surface area contributed by atoms with Crippen molar-refractivity contribution in [2.75, 3.05) is 26.8 Å². The molecule has 0 aliphatic heterocycles. The third-order valence-electron chi connectivity index (χ3n) is 7.42. The van der Waals surface area contributed by atoms with Gasteiger partial charge in [0.25, 0.3) is 0 Å². The van der Waals surface area contributed by atoms with E-state index in [-0.39, 0.29) is 18.5 Å². The van der Waals surface area contributed by atoms with E-state index in [4.69, 9.17) is 10.5 Å². The molecule has 0 saturated carbocycles. The lowest BCUT2D eigenvalue weighted by Crippen LogP contribution is -2.33. The van der Waals surface area contributed by atoms with Crippen molar-refractivity contribution in [3.63, 3.8) is 0 Å². The van der Waals surface area contributed by atoms with Crippen molar-refractivity contribution in [1.82, 2.24) is 5.32 Å². The van der Waals surface area contributed by atoms with E-state index in [1.54, 1.807) is 0 Å². The van der Waals surface area contributed by atoms with Gasteiger partial charge in [0.1, 0.15) is 18.8 Å². The van der Waals surface area contributed by atoms with E-state index in [0.717, 1.165) is 25.7 Å². The van der Waals surface area contributed by atoms with Gasteiger partial charge in [0.15, 0.2) is 0 Å². The van der Waals surface area contributed by atoms with E-state index >= 15 is 0 Å². The lowest BCUT2D eigenvalue weighted by atomic mass is 10.0. The number of carbonyl (C=O) groups excluding carboxylic acids is 2. The molecule has 0 spiro atoms. The average Bonchev–Trinajstić information content (AvgIpc) is 2.94.